The lowest BCUT2D eigenvalue weighted by atomic mass is 10.0. The number of rotatable bonds is 31. The van der Waals surface area contributed by atoms with Crippen molar-refractivity contribution >= 4 is 11.9 Å². The molecule has 0 bridgehead atoms. The summed E-state index contributed by atoms with van der Waals surface area (Å²) in [4.78, 5) is 22.6. The predicted octanol–water partition coefficient (Wildman–Crippen LogP) is 5.27. The Morgan fingerprint density at radius 3 is 1.24 bits per heavy atom. The summed E-state index contributed by atoms with van der Waals surface area (Å²) in [6.07, 6.45) is 17.3. The van der Waals surface area contributed by atoms with Crippen LogP contribution in [0.2, 0.25) is 0 Å². The summed E-state index contributed by atoms with van der Waals surface area (Å²) in [5, 5.41) is 0. The molecule has 0 aromatic heterocycles. The molecule has 0 atom stereocenters. The molecule has 9 heteroatoms. The fraction of sp³-hybridized carbons (Fsp3) is 0.931. The first-order chi connectivity index (χ1) is 18.7. The normalized spacial score (nSPS) is 11.1. The second kappa shape index (κ2) is 32.0. The monoisotopic (exact) mass is 548 g/mol. The van der Waals surface area contributed by atoms with Crippen molar-refractivity contribution in [3.63, 3.8) is 0 Å². The van der Waals surface area contributed by atoms with Gasteiger partial charge in [-0.1, -0.05) is 84.0 Å². The van der Waals surface area contributed by atoms with E-state index in [0.717, 1.165) is 12.8 Å². The van der Waals surface area contributed by atoms with Crippen molar-refractivity contribution in [3.05, 3.63) is 0 Å². The lowest BCUT2D eigenvalue weighted by molar-refractivity contribution is -0.146. The summed E-state index contributed by atoms with van der Waals surface area (Å²) in [5.41, 5.74) is 0. The van der Waals surface area contributed by atoms with Gasteiger partial charge >= 0.3 is 11.9 Å². The molecule has 0 amide bonds. The Morgan fingerprint density at radius 2 is 0.816 bits per heavy atom. The SMILES string of the molecule is CCCCCCCCCCCCCCCC(=O)OCCOCCOCCOCCOCCOCC(=O)OC. The minimum atomic E-state index is -0.405. The number of ether oxygens (including phenoxy) is 7. The van der Waals surface area contributed by atoms with Crippen LogP contribution in [0.1, 0.15) is 96.8 Å². The summed E-state index contributed by atoms with van der Waals surface area (Å²) in [7, 11) is 1.32. The highest BCUT2D eigenvalue weighted by atomic mass is 16.6. The Labute approximate surface area is 231 Å². The Balaban J connectivity index is 3.16. The number of carbonyl (C=O) groups excluding carboxylic acids is 2. The van der Waals surface area contributed by atoms with Crippen molar-refractivity contribution in [2.24, 2.45) is 0 Å². The molecule has 0 saturated carbocycles. The largest absolute Gasteiger partial charge is 0.467 e. The van der Waals surface area contributed by atoms with Gasteiger partial charge in [-0.05, 0) is 6.42 Å². The maximum Gasteiger partial charge on any atom is 0.331 e. The molecule has 0 heterocycles. The highest BCUT2D eigenvalue weighted by molar-refractivity contribution is 5.70. The van der Waals surface area contributed by atoms with Gasteiger partial charge in [-0.15, -0.1) is 0 Å². The molecule has 226 valence electrons. The molecule has 0 radical (unpaired) electrons. The molecule has 0 N–H and O–H groups in total. The number of hydrogen-bond acceptors (Lipinski definition) is 9. The minimum Gasteiger partial charge on any atom is -0.467 e. The number of methoxy groups -OCH3 is 1. The van der Waals surface area contributed by atoms with Crippen molar-refractivity contribution < 1.29 is 42.7 Å². The van der Waals surface area contributed by atoms with E-state index in [9.17, 15) is 9.59 Å². The summed E-state index contributed by atoms with van der Waals surface area (Å²) < 4.78 is 36.3. The highest BCUT2D eigenvalue weighted by Gasteiger charge is 2.03. The molecule has 0 rings (SSSR count). The highest BCUT2D eigenvalue weighted by Crippen LogP contribution is 2.13. The van der Waals surface area contributed by atoms with E-state index in [-0.39, 0.29) is 19.2 Å². The number of esters is 2. The average molecular weight is 549 g/mol. The zero-order valence-electron chi connectivity index (χ0n) is 24.4. The van der Waals surface area contributed by atoms with Crippen molar-refractivity contribution in [2.45, 2.75) is 96.8 Å². The van der Waals surface area contributed by atoms with Crippen molar-refractivity contribution in [3.8, 4) is 0 Å². The van der Waals surface area contributed by atoms with E-state index in [1.54, 1.807) is 0 Å². The summed E-state index contributed by atoms with van der Waals surface area (Å²) >= 11 is 0. The molecule has 0 aromatic rings. The summed E-state index contributed by atoms with van der Waals surface area (Å²) in [6, 6.07) is 0. The number of carbonyl (C=O) groups is 2. The van der Waals surface area contributed by atoms with Crippen LogP contribution in [0.25, 0.3) is 0 Å². The second-order valence-electron chi connectivity index (χ2n) is 9.29. The molecular formula is C29H56O9. The smallest absolute Gasteiger partial charge is 0.331 e. The first kappa shape index (κ1) is 36.7. The lowest BCUT2D eigenvalue weighted by Gasteiger charge is -2.08. The van der Waals surface area contributed by atoms with Gasteiger partial charge in [-0.3, -0.25) is 4.79 Å². The molecule has 0 aliphatic carbocycles. The van der Waals surface area contributed by atoms with Gasteiger partial charge in [0.05, 0.1) is 66.6 Å². The van der Waals surface area contributed by atoms with Gasteiger partial charge in [0.1, 0.15) is 13.2 Å². The third kappa shape index (κ3) is 31.0. The lowest BCUT2D eigenvalue weighted by Crippen LogP contribution is -2.16. The maximum absolute atomic E-state index is 11.8. The van der Waals surface area contributed by atoms with E-state index in [1.807, 2.05) is 0 Å². The van der Waals surface area contributed by atoms with E-state index in [0.29, 0.717) is 65.9 Å². The van der Waals surface area contributed by atoms with Crippen LogP contribution >= 0.6 is 0 Å². The fourth-order valence-corrected chi connectivity index (χ4v) is 3.67. The molecule has 0 fully saturated rings. The maximum atomic E-state index is 11.8. The molecular weight excluding hydrogens is 492 g/mol. The van der Waals surface area contributed by atoms with Crippen LogP contribution < -0.4 is 0 Å². The zero-order chi connectivity index (χ0) is 27.8. The second-order valence-corrected chi connectivity index (χ2v) is 9.29. The summed E-state index contributed by atoms with van der Waals surface area (Å²) in [5.74, 6) is -0.541. The van der Waals surface area contributed by atoms with Crippen molar-refractivity contribution in [1.82, 2.24) is 0 Å². The van der Waals surface area contributed by atoms with Crippen molar-refractivity contribution in [2.75, 3.05) is 79.8 Å². The summed E-state index contributed by atoms with van der Waals surface area (Å²) in [6.45, 7) is 6.34. The van der Waals surface area contributed by atoms with Gasteiger partial charge in [-0.25, -0.2) is 4.79 Å². The quantitative estimate of drug-likeness (QED) is 0.0848. The van der Waals surface area contributed by atoms with Crippen LogP contribution in [0.5, 0.6) is 0 Å². The van der Waals surface area contributed by atoms with Crippen LogP contribution in [-0.4, -0.2) is 91.7 Å². The van der Waals surface area contributed by atoms with E-state index in [4.69, 9.17) is 28.4 Å². The van der Waals surface area contributed by atoms with Crippen LogP contribution in [-0.2, 0) is 42.7 Å². The Bertz CT molecular complexity index is 502. The van der Waals surface area contributed by atoms with Gasteiger partial charge in [0.15, 0.2) is 0 Å². The van der Waals surface area contributed by atoms with Crippen LogP contribution in [0.15, 0.2) is 0 Å². The molecule has 38 heavy (non-hydrogen) atoms. The van der Waals surface area contributed by atoms with Gasteiger partial charge < -0.3 is 33.2 Å². The minimum absolute atomic E-state index is 0.0674. The standard InChI is InChI=1S/C29H56O9/c1-3-4-5-6-7-8-9-10-11-12-13-14-15-16-28(30)38-26-25-36-22-21-34-18-17-33-19-20-35-23-24-37-27-29(31)32-2/h3-27H2,1-2H3. The van der Waals surface area contributed by atoms with Crippen LogP contribution in [0, 0.1) is 0 Å². The van der Waals surface area contributed by atoms with E-state index < -0.39 is 5.97 Å². The topological polar surface area (TPSA) is 98.8 Å². The number of unbranched alkanes of at least 4 members (excludes halogenated alkanes) is 12. The van der Waals surface area contributed by atoms with Crippen molar-refractivity contribution in [1.29, 1.82) is 0 Å². The third-order valence-corrected chi connectivity index (χ3v) is 5.91. The van der Waals surface area contributed by atoms with E-state index in [2.05, 4.69) is 11.7 Å². The molecule has 0 saturated heterocycles. The van der Waals surface area contributed by atoms with Gasteiger partial charge in [0.25, 0.3) is 0 Å². The average Bonchev–Trinajstić information content (AvgIpc) is 2.92. The Kier molecular flexibility index (Phi) is 30.9. The fourth-order valence-electron chi connectivity index (χ4n) is 3.67. The zero-order valence-corrected chi connectivity index (χ0v) is 24.4. The Morgan fingerprint density at radius 1 is 0.447 bits per heavy atom. The van der Waals surface area contributed by atoms with Crippen LogP contribution in [0.3, 0.4) is 0 Å². The van der Waals surface area contributed by atoms with Gasteiger partial charge in [0, 0.05) is 6.42 Å². The predicted molar refractivity (Wildman–Crippen MR) is 147 cm³/mol. The molecule has 9 nitrogen and oxygen atoms in total. The van der Waals surface area contributed by atoms with E-state index >= 15 is 0 Å². The molecule has 0 aliphatic heterocycles. The van der Waals surface area contributed by atoms with Crippen LogP contribution in [0.4, 0.5) is 0 Å². The third-order valence-electron chi connectivity index (χ3n) is 5.91. The molecule has 0 aliphatic rings. The first-order valence-corrected chi connectivity index (χ1v) is 14.8. The number of hydrogen-bond donors (Lipinski definition) is 0. The first-order valence-electron chi connectivity index (χ1n) is 14.8. The molecule has 0 aromatic carbocycles. The van der Waals surface area contributed by atoms with Gasteiger partial charge in [0.2, 0.25) is 0 Å². The van der Waals surface area contributed by atoms with E-state index in [1.165, 1.54) is 77.7 Å². The molecule has 0 spiro atoms. The van der Waals surface area contributed by atoms with Gasteiger partial charge in [-0.2, -0.15) is 0 Å². The molecule has 0 unspecified atom stereocenters. The Hall–Kier alpha value is -1.26.